The first-order valence-corrected chi connectivity index (χ1v) is 5.91. The third kappa shape index (κ3) is 3.46. The molecule has 1 saturated heterocycles. The van der Waals surface area contributed by atoms with Crippen molar-refractivity contribution < 1.29 is 9.53 Å². The second-order valence-electron chi connectivity index (χ2n) is 4.26. The van der Waals surface area contributed by atoms with E-state index in [2.05, 4.69) is 22.8 Å². The van der Waals surface area contributed by atoms with Crippen LogP contribution >= 0.6 is 0 Å². The molecule has 1 heterocycles. The van der Waals surface area contributed by atoms with Gasteiger partial charge in [0.15, 0.2) is 0 Å². The lowest BCUT2D eigenvalue weighted by Crippen LogP contribution is -2.32. The summed E-state index contributed by atoms with van der Waals surface area (Å²) in [4.78, 5) is 11.0. The number of hydrogen-bond donors (Lipinski definition) is 2. The number of carbonyl (C=O) groups excluding carboxylic acids is 1. The SMILES string of the molecule is COc1ccc(CCNC2CNC(=O)C2)cc1. The molecule has 17 heavy (non-hydrogen) atoms. The summed E-state index contributed by atoms with van der Waals surface area (Å²) in [5.41, 5.74) is 1.27. The Morgan fingerprint density at radius 2 is 2.18 bits per heavy atom. The van der Waals surface area contributed by atoms with Gasteiger partial charge in [0.2, 0.25) is 5.91 Å². The van der Waals surface area contributed by atoms with Gasteiger partial charge in [0.25, 0.3) is 0 Å². The Morgan fingerprint density at radius 3 is 2.76 bits per heavy atom. The summed E-state index contributed by atoms with van der Waals surface area (Å²) in [5, 5.41) is 6.19. The first-order chi connectivity index (χ1) is 8.28. The topological polar surface area (TPSA) is 50.4 Å². The van der Waals surface area contributed by atoms with E-state index in [9.17, 15) is 4.79 Å². The largest absolute Gasteiger partial charge is 0.497 e. The van der Waals surface area contributed by atoms with Crippen molar-refractivity contribution in [1.82, 2.24) is 10.6 Å². The third-order valence-corrected chi connectivity index (χ3v) is 2.98. The van der Waals surface area contributed by atoms with Crippen LogP contribution in [0.5, 0.6) is 5.75 Å². The number of amides is 1. The van der Waals surface area contributed by atoms with Crippen molar-refractivity contribution in [3.05, 3.63) is 29.8 Å². The lowest BCUT2D eigenvalue weighted by atomic mass is 10.1. The molecule has 1 unspecified atom stereocenters. The van der Waals surface area contributed by atoms with Gasteiger partial charge < -0.3 is 15.4 Å². The lowest BCUT2D eigenvalue weighted by Gasteiger charge is -2.10. The molecule has 2 rings (SSSR count). The van der Waals surface area contributed by atoms with Crippen LogP contribution in [0.4, 0.5) is 0 Å². The number of ether oxygens (including phenoxy) is 1. The maximum atomic E-state index is 11.0. The van der Waals surface area contributed by atoms with Gasteiger partial charge >= 0.3 is 0 Å². The van der Waals surface area contributed by atoms with Crippen molar-refractivity contribution in [3.63, 3.8) is 0 Å². The van der Waals surface area contributed by atoms with Gasteiger partial charge in [-0.3, -0.25) is 4.79 Å². The quantitative estimate of drug-likeness (QED) is 0.789. The monoisotopic (exact) mass is 234 g/mol. The van der Waals surface area contributed by atoms with Crippen LogP contribution in [-0.2, 0) is 11.2 Å². The highest BCUT2D eigenvalue weighted by Gasteiger charge is 2.19. The summed E-state index contributed by atoms with van der Waals surface area (Å²) >= 11 is 0. The van der Waals surface area contributed by atoms with Crippen molar-refractivity contribution in [2.45, 2.75) is 18.9 Å². The Kier molecular flexibility index (Phi) is 3.98. The number of benzene rings is 1. The molecule has 0 aromatic heterocycles. The molecule has 1 fully saturated rings. The summed E-state index contributed by atoms with van der Waals surface area (Å²) in [6.07, 6.45) is 1.57. The molecular weight excluding hydrogens is 216 g/mol. The molecule has 4 nitrogen and oxygen atoms in total. The molecule has 1 aromatic carbocycles. The molecule has 0 saturated carbocycles. The van der Waals surface area contributed by atoms with Crippen molar-refractivity contribution in [2.24, 2.45) is 0 Å². The highest BCUT2D eigenvalue weighted by Crippen LogP contribution is 2.11. The van der Waals surface area contributed by atoms with E-state index in [1.807, 2.05) is 12.1 Å². The molecule has 1 amide bonds. The fourth-order valence-corrected chi connectivity index (χ4v) is 1.96. The van der Waals surface area contributed by atoms with Crippen molar-refractivity contribution in [3.8, 4) is 5.75 Å². The molecule has 0 radical (unpaired) electrons. The third-order valence-electron chi connectivity index (χ3n) is 2.98. The predicted molar refractivity (Wildman–Crippen MR) is 66.1 cm³/mol. The average Bonchev–Trinajstić information content (AvgIpc) is 2.76. The van der Waals surface area contributed by atoms with Gasteiger partial charge in [0.1, 0.15) is 5.75 Å². The van der Waals surface area contributed by atoms with Crippen LogP contribution in [0.1, 0.15) is 12.0 Å². The highest BCUT2D eigenvalue weighted by molar-refractivity contribution is 5.78. The standard InChI is InChI=1S/C13H18N2O2/c1-17-12-4-2-10(3-5-12)6-7-14-11-8-13(16)15-9-11/h2-5,11,14H,6-9H2,1H3,(H,15,16). The second-order valence-corrected chi connectivity index (χ2v) is 4.26. The molecule has 92 valence electrons. The van der Waals surface area contributed by atoms with Crippen molar-refractivity contribution >= 4 is 5.91 Å². The van der Waals surface area contributed by atoms with Crippen LogP contribution in [0.15, 0.2) is 24.3 Å². The normalized spacial score (nSPS) is 19.1. The van der Waals surface area contributed by atoms with Gasteiger partial charge in [0, 0.05) is 19.0 Å². The summed E-state index contributed by atoms with van der Waals surface area (Å²) in [7, 11) is 1.67. The molecule has 4 heteroatoms. The number of rotatable bonds is 5. The molecule has 0 bridgehead atoms. The van der Waals surface area contributed by atoms with Gasteiger partial charge in [-0.25, -0.2) is 0 Å². The van der Waals surface area contributed by atoms with Gasteiger partial charge in [-0.15, -0.1) is 0 Å². The first kappa shape index (κ1) is 11.9. The minimum atomic E-state index is 0.145. The fourth-order valence-electron chi connectivity index (χ4n) is 1.96. The highest BCUT2D eigenvalue weighted by atomic mass is 16.5. The van der Waals surface area contributed by atoms with Crippen LogP contribution in [0.25, 0.3) is 0 Å². The molecule has 2 N–H and O–H groups in total. The van der Waals surface area contributed by atoms with Crippen LogP contribution in [0, 0.1) is 0 Å². The maximum absolute atomic E-state index is 11.0. The minimum absolute atomic E-state index is 0.145. The Labute approximate surface area is 101 Å². The zero-order valence-electron chi connectivity index (χ0n) is 10.0. The fraction of sp³-hybridized carbons (Fsp3) is 0.462. The number of methoxy groups -OCH3 is 1. The van der Waals surface area contributed by atoms with E-state index < -0.39 is 0 Å². The summed E-state index contributed by atoms with van der Waals surface area (Å²) in [6.45, 7) is 1.65. The molecule has 1 aliphatic heterocycles. The number of carbonyl (C=O) groups is 1. The Bertz CT molecular complexity index is 376. The van der Waals surface area contributed by atoms with Crippen molar-refractivity contribution in [2.75, 3.05) is 20.2 Å². The molecule has 1 atom stereocenters. The minimum Gasteiger partial charge on any atom is -0.497 e. The average molecular weight is 234 g/mol. The van der Waals surface area contributed by atoms with Gasteiger partial charge in [-0.2, -0.15) is 0 Å². The van der Waals surface area contributed by atoms with E-state index >= 15 is 0 Å². The van der Waals surface area contributed by atoms with Crippen LogP contribution in [-0.4, -0.2) is 32.1 Å². The van der Waals surface area contributed by atoms with E-state index in [-0.39, 0.29) is 5.91 Å². The van der Waals surface area contributed by atoms with Gasteiger partial charge in [-0.1, -0.05) is 12.1 Å². The molecule has 0 aliphatic carbocycles. The first-order valence-electron chi connectivity index (χ1n) is 5.91. The van der Waals surface area contributed by atoms with Crippen LogP contribution < -0.4 is 15.4 Å². The molecule has 0 spiro atoms. The Morgan fingerprint density at radius 1 is 1.41 bits per heavy atom. The number of nitrogens with one attached hydrogen (secondary N) is 2. The molecule has 1 aromatic rings. The predicted octanol–water partition coefficient (Wildman–Crippen LogP) is 0.716. The zero-order valence-corrected chi connectivity index (χ0v) is 10.0. The van der Waals surface area contributed by atoms with E-state index in [4.69, 9.17) is 4.74 Å². The molecular formula is C13H18N2O2. The number of hydrogen-bond acceptors (Lipinski definition) is 3. The maximum Gasteiger partial charge on any atom is 0.221 e. The second kappa shape index (κ2) is 5.68. The Balaban J connectivity index is 1.72. The summed E-state index contributed by atoms with van der Waals surface area (Å²) < 4.78 is 5.11. The zero-order chi connectivity index (χ0) is 12.1. The van der Waals surface area contributed by atoms with Crippen LogP contribution in [0.2, 0.25) is 0 Å². The lowest BCUT2D eigenvalue weighted by molar-refractivity contribution is -0.119. The van der Waals surface area contributed by atoms with E-state index in [0.29, 0.717) is 12.5 Å². The van der Waals surface area contributed by atoms with Crippen LogP contribution in [0.3, 0.4) is 0 Å². The van der Waals surface area contributed by atoms with Crippen molar-refractivity contribution in [1.29, 1.82) is 0 Å². The van der Waals surface area contributed by atoms with E-state index in [0.717, 1.165) is 25.3 Å². The smallest absolute Gasteiger partial charge is 0.221 e. The Hall–Kier alpha value is -1.55. The van der Waals surface area contributed by atoms with Gasteiger partial charge in [-0.05, 0) is 30.7 Å². The molecule has 1 aliphatic rings. The summed E-state index contributed by atoms with van der Waals surface area (Å²) in [5.74, 6) is 1.03. The van der Waals surface area contributed by atoms with E-state index in [1.54, 1.807) is 7.11 Å². The summed E-state index contributed by atoms with van der Waals surface area (Å²) in [6, 6.07) is 8.36. The van der Waals surface area contributed by atoms with Gasteiger partial charge in [0.05, 0.1) is 7.11 Å². The van der Waals surface area contributed by atoms with E-state index in [1.165, 1.54) is 5.56 Å².